The molecule has 0 radical (unpaired) electrons. The van der Waals surface area contributed by atoms with Crippen molar-refractivity contribution in [2.24, 2.45) is 5.92 Å². The number of piperazine rings is 1. The Bertz CT molecular complexity index is 660. The zero-order valence-corrected chi connectivity index (χ0v) is 15.3. The van der Waals surface area contributed by atoms with Crippen LogP contribution >= 0.6 is 11.3 Å². The average molecular weight is 343 g/mol. The molecular formula is C19H25N3OS. The molecule has 3 rings (SSSR count). The molecule has 0 bridgehead atoms. The van der Waals surface area contributed by atoms with Crippen LogP contribution in [0.2, 0.25) is 0 Å². The number of thiazole rings is 1. The van der Waals surface area contributed by atoms with E-state index in [0.717, 1.165) is 43.4 Å². The van der Waals surface area contributed by atoms with Gasteiger partial charge in [0.05, 0.1) is 12.2 Å². The minimum atomic E-state index is 0.297. The van der Waals surface area contributed by atoms with E-state index in [1.165, 1.54) is 5.56 Å². The van der Waals surface area contributed by atoms with E-state index in [9.17, 15) is 4.79 Å². The average Bonchev–Trinajstić information content (AvgIpc) is 3.04. The maximum atomic E-state index is 12.1. The maximum absolute atomic E-state index is 12.1. The normalized spacial score (nSPS) is 15.9. The van der Waals surface area contributed by atoms with E-state index in [1.807, 2.05) is 23.1 Å². The number of carbonyl (C=O) groups is 1. The smallest absolute Gasteiger partial charge is 0.222 e. The number of rotatable bonds is 5. The first kappa shape index (κ1) is 17.1. The van der Waals surface area contributed by atoms with Crippen LogP contribution in [-0.4, -0.2) is 46.9 Å². The number of hydrogen-bond donors (Lipinski definition) is 0. The van der Waals surface area contributed by atoms with Crippen molar-refractivity contribution in [3.8, 4) is 11.3 Å². The van der Waals surface area contributed by atoms with Crippen molar-refractivity contribution < 1.29 is 4.79 Å². The van der Waals surface area contributed by atoms with Crippen molar-refractivity contribution in [2.45, 2.75) is 26.8 Å². The van der Waals surface area contributed by atoms with Crippen LogP contribution in [0.4, 0.5) is 0 Å². The first-order valence-electron chi connectivity index (χ1n) is 8.62. The molecule has 0 aliphatic carbocycles. The summed E-state index contributed by atoms with van der Waals surface area (Å²) in [6.07, 6.45) is 0.660. The van der Waals surface area contributed by atoms with Gasteiger partial charge in [-0.3, -0.25) is 9.69 Å². The molecule has 0 atom stereocenters. The van der Waals surface area contributed by atoms with Gasteiger partial charge in [-0.2, -0.15) is 0 Å². The van der Waals surface area contributed by atoms with Crippen molar-refractivity contribution in [3.63, 3.8) is 0 Å². The predicted octanol–water partition coefficient (Wildman–Crippen LogP) is 3.50. The molecule has 1 saturated heterocycles. The molecular weight excluding hydrogens is 318 g/mol. The molecule has 0 saturated carbocycles. The molecule has 0 spiro atoms. The third-order valence-corrected chi connectivity index (χ3v) is 5.12. The van der Waals surface area contributed by atoms with Crippen LogP contribution in [-0.2, 0) is 11.3 Å². The number of carbonyl (C=O) groups excluding carboxylic acids is 1. The molecule has 0 unspecified atom stereocenters. The lowest BCUT2D eigenvalue weighted by Crippen LogP contribution is -2.48. The Morgan fingerprint density at radius 3 is 2.54 bits per heavy atom. The molecule has 128 valence electrons. The number of benzene rings is 1. The lowest BCUT2D eigenvalue weighted by Gasteiger charge is -2.34. The zero-order valence-electron chi connectivity index (χ0n) is 14.4. The number of aromatic nitrogens is 1. The van der Waals surface area contributed by atoms with E-state index in [2.05, 4.69) is 36.3 Å². The van der Waals surface area contributed by atoms with Crippen LogP contribution in [0.5, 0.6) is 0 Å². The molecule has 1 aromatic heterocycles. The maximum Gasteiger partial charge on any atom is 0.222 e. The zero-order chi connectivity index (χ0) is 16.9. The molecule has 1 aromatic carbocycles. The van der Waals surface area contributed by atoms with Gasteiger partial charge < -0.3 is 4.90 Å². The minimum absolute atomic E-state index is 0.297. The fraction of sp³-hybridized carbons (Fsp3) is 0.474. The number of hydrogen-bond acceptors (Lipinski definition) is 4. The second kappa shape index (κ2) is 7.90. The van der Waals surface area contributed by atoms with E-state index in [0.29, 0.717) is 18.2 Å². The summed E-state index contributed by atoms with van der Waals surface area (Å²) in [7, 11) is 0. The van der Waals surface area contributed by atoms with E-state index >= 15 is 0 Å². The van der Waals surface area contributed by atoms with Gasteiger partial charge >= 0.3 is 0 Å². The Hall–Kier alpha value is -1.72. The van der Waals surface area contributed by atoms with Gasteiger partial charge in [-0.25, -0.2) is 4.98 Å². The van der Waals surface area contributed by atoms with Gasteiger partial charge in [-0.1, -0.05) is 44.2 Å². The van der Waals surface area contributed by atoms with Crippen molar-refractivity contribution in [2.75, 3.05) is 26.2 Å². The Kier molecular flexibility index (Phi) is 5.63. The van der Waals surface area contributed by atoms with Gasteiger partial charge in [0.1, 0.15) is 5.01 Å². The fourth-order valence-corrected chi connectivity index (χ4v) is 3.79. The number of nitrogens with zero attached hydrogens (tertiary/aromatic N) is 3. The molecule has 1 aliphatic heterocycles. The highest BCUT2D eigenvalue weighted by atomic mass is 32.1. The Morgan fingerprint density at radius 2 is 1.88 bits per heavy atom. The molecule has 2 heterocycles. The third kappa shape index (κ3) is 4.42. The van der Waals surface area contributed by atoms with Crippen molar-refractivity contribution in [1.82, 2.24) is 14.8 Å². The van der Waals surface area contributed by atoms with Crippen molar-refractivity contribution >= 4 is 17.2 Å². The SMILES string of the molecule is CC(C)CC(=O)N1CCN(Cc2nc(-c3ccccc3)cs2)CC1. The molecule has 24 heavy (non-hydrogen) atoms. The van der Waals surface area contributed by atoms with Crippen LogP contribution < -0.4 is 0 Å². The highest BCUT2D eigenvalue weighted by molar-refractivity contribution is 7.09. The summed E-state index contributed by atoms with van der Waals surface area (Å²) in [5, 5.41) is 3.28. The van der Waals surface area contributed by atoms with E-state index in [1.54, 1.807) is 11.3 Å². The summed E-state index contributed by atoms with van der Waals surface area (Å²) < 4.78 is 0. The van der Waals surface area contributed by atoms with Crippen molar-refractivity contribution in [3.05, 3.63) is 40.7 Å². The fourth-order valence-electron chi connectivity index (χ4n) is 2.95. The molecule has 0 N–H and O–H groups in total. The molecule has 1 fully saturated rings. The Morgan fingerprint density at radius 1 is 1.17 bits per heavy atom. The molecule has 5 heteroatoms. The summed E-state index contributed by atoms with van der Waals surface area (Å²) in [5.41, 5.74) is 2.23. The van der Waals surface area contributed by atoms with Crippen LogP contribution in [0.3, 0.4) is 0 Å². The van der Waals surface area contributed by atoms with E-state index < -0.39 is 0 Å². The molecule has 2 aromatic rings. The summed E-state index contributed by atoms with van der Waals surface area (Å²) in [5.74, 6) is 0.729. The third-order valence-electron chi connectivity index (χ3n) is 4.29. The summed E-state index contributed by atoms with van der Waals surface area (Å²) in [6.45, 7) is 8.62. The predicted molar refractivity (Wildman–Crippen MR) is 98.9 cm³/mol. The quantitative estimate of drug-likeness (QED) is 0.834. The van der Waals surface area contributed by atoms with Crippen molar-refractivity contribution in [1.29, 1.82) is 0 Å². The van der Waals surface area contributed by atoms with Crippen LogP contribution in [0.1, 0.15) is 25.3 Å². The summed E-state index contributed by atoms with van der Waals surface area (Å²) in [4.78, 5) is 21.3. The first-order chi connectivity index (χ1) is 11.6. The standard InChI is InChI=1S/C19H25N3OS/c1-15(2)12-19(23)22-10-8-21(9-11-22)13-18-20-17(14-24-18)16-6-4-3-5-7-16/h3-7,14-15H,8-13H2,1-2H3. The lowest BCUT2D eigenvalue weighted by atomic mass is 10.1. The van der Waals surface area contributed by atoms with E-state index in [4.69, 9.17) is 4.98 Å². The van der Waals surface area contributed by atoms with Gasteiger partial charge in [-0.05, 0) is 5.92 Å². The largest absolute Gasteiger partial charge is 0.340 e. The highest BCUT2D eigenvalue weighted by Crippen LogP contribution is 2.22. The molecule has 4 nitrogen and oxygen atoms in total. The minimum Gasteiger partial charge on any atom is -0.340 e. The van der Waals surface area contributed by atoms with Gasteiger partial charge in [0.15, 0.2) is 0 Å². The number of amides is 1. The lowest BCUT2D eigenvalue weighted by molar-refractivity contribution is -0.133. The monoisotopic (exact) mass is 343 g/mol. The van der Waals surface area contributed by atoms with Crippen LogP contribution in [0.25, 0.3) is 11.3 Å². The summed E-state index contributed by atoms with van der Waals surface area (Å²) >= 11 is 1.72. The van der Waals surface area contributed by atoms with Crippen LogP contribution in [0.15, 0.2) is 35.7 Å². The van der Waals surface area contributed by atoms with E-state index in [-0.39, 0.29) is 0 Å². The van der Waals surface area contributed by atoms with Gasteiger partial charge in [0, 0.05) is 43.5 Å². The van der Waals surface area contributed by atoms with Gasteiger partial charge in [0.2, 0.25) is 5.91 Å². The summed E-state index contributed by atoms with van der Waals surface area (Å²) in [6, 6.07) is 10.3. The Balaban J connectivity index is 1.52. The molecule has 1 aliphatic rings. The van der Waals surface area contributed by atoms with Crippen LogP contribution in [0, 0.1) is 5.92 Å². The van der Waals surface area contributed by atoms with Gasteiger partial charge in [-0.15, -0.1) is 11.3 Å². The molecule has 1 amide bonds. The van der Waals surface area contributed by atoms with Gasteiger partial charge in [0.25, 0.3) is 0 Å². The second-order valence-corrected chi connectivity index (χ2v) is 7.69. The topological polar surface area (TPSA) is 36.4 Å². The first-order valence-corrected chi connectivity index (χ1v) is 9.49. The highest BCUT2D eigenvalue weighted by Gasteiger charge is 2.22. The Labute approximate surface area is 148 Å². The second-order valence-electron chi connectivity index (χ2n) is 6.75.